The highest BCUT2D eigenvalue weighted by Crippen LogP contribution is 2.36. The van der Waals surface area contributed by atoms with Crippen molar-refractivity contribution in [2.75, 3.05) is 19.8 Å². The molecule has 0 radical (unpaired) electrons. The smallest absolute Gasteiger partial charge is 0.407 e. The molecule has 6 nitrogen and oxygen atoms in total. The Morgan fingerprint density at radius 3 is 2.35 bits per heavy atom. The zero-order chi connectivity index (χ0) is 18.1. The summed E-state index contributed by atoms with van der Waals surface area (Å²) in [7, 11) is -1.97. The summed E-state index contributed by atoms with van der Waals surface area (Å²) in [4.78, 5) is 23.4. The van der Waals surface area contributed by atoms with Gasteiger partial charge in [0.1, 0.15) is 6.61 Å². The molecule has 0 bridgehead atoms. The number of carbonyl (C=O) groups excluding carboxylic acids is 2. The molecule has 0 aromatic rings. The summed E-state index contributed by atoms with van der Waals surface area (Å²) in [6.07, 6.45) is 0.926. The Kier molecular flexibility index (Phi) is 9.15. The Hall–Kier alpha value is -1.34. The third-order valence-electron chi connectivity index (χ3n) is 3.82. The van der Waals surface area contributed by atoms with Gasteiger partial charge in [-0.25, -0.2) is 4.79 Å². The lowest BCUT2D eigenvalue weighted by Gasteiger charge is -2.37. The molecule has 0 aliphatic heterocycles. The van der Waals surface area contributed by atoms with Gasteiger partial charge in [-0.1, -0.05) is 33.4 Å². The van der Waals surface area contributed by atoms with Crippen LogP contribution in [0.2, 0.25) is 18.1 Å². The Morgan fingerprint density at radius 1 is 1.26 bits per heavy atom. The number of esters is 1. The topological polar surface area (TPSA) is 73.9 Å². The number of ether oxygens (including phenoxy) is 2. The first-order valence-corrected chi connectivity index (χ1v) is 10.8. The van der Waals surface area contributed by atoms with Crippen LogP contribution in [0.3, 0.4) is 0 Å². The van der Waals surface area contributed by atoms with Crippen LogP contribution in [0.1, 0.15) is 34.1 Å². The summed E-state index contributed by atoms with van der Waals surface area (Å²) >= 11 is 0. The SMILES string of the molecule is C=CCOC(=O)N[C@H](CO[Si](C)(C)C(C)(C)C)CC(=O)OCC. The van der Waals surface area contributed by atoms with Gasteiger partial charge >= 0.3 is 12.1 Å². The maximum atomic E-state index is 11.7. The maximum Gasteiger partial charge on any atom is 0.407 e. The van der Waals surface area contributed by atoms with Gasteiger partial charge in [-0.05, 0) is 25.1 Å². The molecule has 0 heterocycles. The molecule has 0 saturated heterocycles. The highest BCUT2D eigenvalue weighted by molar-refractivity contribution is 6.74. The second kappa shape index (κ2) is 9.72. The summed E-state index contributed by atoms with van der Waals surface area (Å²) in [5.74, 6) is -0.375. The van der Waals surface area contributed by atoms with Crippen LogP contribution < -0.4 is 5.32 Å². The lowest BCUT2D eigenvalue weighted by atomic mass is 10.2. The molecule has 0 rings (SSSR count). The molecule has 0 fully saturated rings. The van der Waals surface area contributed by atoms with Crippen LogP contribution in [-0.4, -0.2) is 46.2 Å². The largest absolute Gasteiger partial charge is 0.466 e. The lowest BCUT2D eigenvalue weighted by molar-refractivity contribution is -0.143. The fourth-order valence-electron chi connectivity index (χ4n) is 1.44. The average molecular weight is 346 g/mol. The number of nitrogens with one attached hydrogen (secondary N) is 1. The predicted octanol–water partition coefficient (Wildman–Crippen LogP) is 3.24. The molecule has 1 N–H and O–H groups in total. The first-order chi connectivity index (χ1) is 10.5. The molecule has 23 heavy (non-hydrogen) atoms. The third kappa shape index (κ3) is 8.76. The quantitative estimate of drug-likeness (QED) is 0.394. The minimum atomic E-state index is -1.97. The van der Waals surface area contributed by atoms with Gasteiger partial charge < -0.3 is 19.2 Å². The van der Waals surface area contributed by atoms with E-state index in [0.29, 0.717) is 6.61 Å². The maximum absolute atomic E-state index is 11.7. The molecule has 1 atom stereocenters. The Labute approximate surface area is 140 Å². The Balaban J connectivity index is 4.74. The molecule has 7 heteroatoms. The van der Waals surface area contributed by atoms with Crippen molar-refractivity contribution in [2.45, 2.75) is 58.3 Å². The van der Waals surface area contributed by atoms with Crippen molar-refractivity contribution < 1.29 is 23.5 Å². The minimum Gasteiger partial charge on any atom is -0.466 e. The lowest BCUT2D eigenvalue weighted by Crippen LogP contribution is -2.47. The molecular weight excluding hydrogens is 314 g/mol. The zero-order valence-electron chi connectivity index (χ0n) is 15.2. The van der Waals surface area contributed by atoms with Gasteiger partial charge in [0.25, 0.3) is 0 Å². The molecule has 0 aliphatic carbocycles. The summed E-state index contributed by atoms with van der Waals surface area (Å²) in [5, 5.41) is 2.70. The molecule has 0 saturated carbocycles. The molecule has 0 aromatic carbocycles. The van der Waals surface area contributed by atoms with Gasteiger partial charge in [0, 0.05) is 0 Å². The van der Waals surface area contributed by atoms with Gasteiger partial charge in [0.05, 0.1) is 25.7 Å². The molecule has 0 unspecified atom stereocenters. The molecule has 0 spiro atoms. The van der Waals surface area contributed by atoms with Gasteiger partial charge in [0.2, 0.25) is 0 Å². The van der Waals surface area contributed by atoms with Crippen molar-refractivity contribution in [2.24, 2.45) is 0 Å². The van der Waals surface area contributed by atoms with Crippen LogP contribution in [0.15, 0.2) is 12.7 Å². The Morgan fingerprint density at radius 2 is 1.87 bits per heavy atom. The van der Waals surface area contributed by atoms with E-state index in [4.69, 9.17) is 13.9 Å². The number of carbonyl (C=O) groups is 2. The van der Waals surface area contributed by atoms with E-state index in [1.165, 1.54) is 6.08 Å². The van der Waals surface area contributed by atoms with E-state index in [2.05, 4.69) is 45.8 Å². The van der Waals surface area contributed by atoms with Crippen LogP contribution in [0.5, 0.6) is 0 Å². The first-order valence-electron chi connectivity index (χ1n) is 7.87. The van der Waals surface area contributed by atoms with Crippen LogP contribution in [0.4, 0.5) is 4.79 Å². The van der Waals surface area contributed by atoms with Crippen molar-refractivity contribution in [3.63, 3.8) is 0 Å². The van der Waals surface area contributed by atoms with Crippen molar-refractivity contribution in [1.82, 2.24) is 5.32 Å². The number of amides is 1. The van der Waals surface area contributed by atoms with Gasteiger partial charge in [-0.3, -0.25) is 4.79 Å². The minimum absolute atomic E-state index is 0.0465. The standard InChI is InChI=1S/C16H31NO5Si/c1-8-10-21-15(19)17-13(11-14(18)20-9-2)12-22-23(6,7)16(3,4)5/h8,13H,1,9-12H2,2-7H3,(H,17,19)/t13-/m0/s1. The van der Waals surface area contributed by atoms with Crippen LogP contribution >= 0.6 is 0 Å². The van der Waals surface area contributed by atoms with E-state index in [-0.39, 0.29) is 30.6 Å². The van der Waals surface area contributed by atoms with E-state index in [1.807, 2.05) is 0 Å². The fraction of sp³-hybridized carbons (Fsp3) is 0.750. The van der Waals surface area contributed by atoms with Crippen LogP contribution in [0.25, 0.3) is 0 Å². The highest BCUT2D eigenvalue weighted by Gasteiger charge is 2.38. The van der Waals surface area contributed by atoms with Gasteiger partial charge in [-0.15, -0.1) is 0 Å². The molecule has 134 valence electrons. The zero-order valence-corrected chi connectivity index (χ0v) is 16.2. The van der Waals surface area contributed by atoms with E-state index in [1.54, 1.807) is 6.92 Å². The number of hydrogen-bond donors (Lipinski definition) is 1. The van der Waals surface area contributed by atoms with E-state index >= 15 is 0 Å². The first kappa shape index (κ1) is 21.7. The number of rotatable bonds is 9. The van der Waals surface area contributed by atoms with Crippen molar-refractivity contribution >= 4 is 20.4 Å². The second-order valence-corrected chi connectivity index (χ2v) is 11.6. The molecule has 0 aromatic heterocycles. The summed E-state index contributed by atoms with van der Waals surface area (Å²) in [5.41, 5.74) is 0. The molecule has 1 amide bonds. The second-order valence-electron chi connectivity index (χ2n) is 6.81. The van der Waals surface area contributed by atoms with Crippen molar-refractivity contribution in [3.05, 3.63) is 12.7 Å². The third-order valence-corrected chi connectivity index (χ3v) is 8.32. The van der Waals surface area contributed by atoms with E-state index in [0.717, 1.165) is 0 Å². The van der Waals surface area contributed by atoms with Gasteiger partial charge in [0.15, 0.2) is 8.32 Å². The summed E-state index contributed by atoms with van der Waals surface area (Å²) < 4.78 is 15.9. The summed E-state index contributed by atoms with van der Waals surface area (Å²) in [6.45, 7) is 16.5. The normalized spacial score (nSPS) is 13.1. The van der Waals surface area contributed by atoms with E-state index < -0.39 is 20.5 Å². The Bertz CT molecular complexity index is 404. The molecular formula is C16H31NO5Si. The van der Waals surface area contributed by atoms with Gasteiger partial charge in [-0.2, -0.15) is 0 Å². The summed E-state index contributed by atoms with van der Waals surface area (Å²) in [6, 6.07) is -0.486. The number of hydrogen-bond acceptors (Lipinski definition) is 5. The van der Waals surface area contributed by atoms with Crippen molar-refractivity contribution in [1.29, 1.82) is 0 Å². The van der Waals surface area contributed by atoms with Crippen LogP contribution in [0, 0.1) is 0 Å². The highest BCUT2D eigenvalue weighted by atomic mass is 28.4. The van der Waals surface area contributed by atoms with Crippen molar-refractivity contribution in [3.8, 4) is 0 Å². The number of alkyl carbamates (subject to hydrolysis) is 1. The monoisotopic (exact) mass is 345 g/mol. The average Bonchev–Trinajstić information content (AvgIpc) is 2.41. The van der Waals surface area contributed by atoms with Crippen LogP contribution in [-0.2, 0) is 18.7 Å². The fourth-order valence-corrected chi connectivity index (χ4v) is 2.49. The van der Waals surface area contributed by atoms with E-state index in [9.17, 15) is 9.59 Å². The predicted molar refractivity (Wildman–Crippen MR) is 92.9 cm³/mol. The molecule has 0 aliphatic rings.